The molecule has 0 bridgehead atoms. The molecule has 0 aliphatic carbocycles. The summed E-state index contributed by atoms with van der Waals surface area (Å²) >= 11 is 0. The molecule has 2 rings (SSSR count). The summed E-state index contributed by atoms with van der Waals surface area (Å²) < 4.78 is 2.06. The van der Waals surface area contributed by atoms with Crippen molar-refractivity contribution in [2.45, 2.75) is 32.7 Å². The average molecular weight is 244 g/mol. The Morgan fingerprint density at radius 1 is 1.22 bits per heavy atom. The van der Waals surface area contributed by atoms with Gasteiger partial charge in [-0.15, -0.1) is 0 Å². The van der Waals surface area contributed by atoms with Crippen molar-refractivity contribution in [3.63, 3.8) is 0 Å². The van der Waals surface area contributed by atoms with Crippen LogP contribution >= 0.6 is 0 Å². The lowest BCUT2D eigenvalue weighted by Gasteiger charge is -2.18. The molecule has 0 spiro atoms. The topological polar surface area (TPSA) is 56.7 Å². The number of hydrogen-bond acceptors (Lipinski definition) is 3. The molecule has 0 aliphatic heterocycles. The number of nitrogens with two attached hydrogens (primary N) is 1. The van der Waals surface area contributed by atoms with E-state index in [1.54, 1.807) is 12.4 Å². The van der Waals surface area contributed by atoms with E-state index in [1.807, 2.05) is 12.1 Å². The third kappa shape index (κ3) is 2.43. The first-order chi connectivity index (χ1) is 8.80. The van der Waals surface area contributed by atoms with E-state index < -0.39 is 0 Å². The van der Waals surface area contributed by atoms with Gasteiger partial charge in [-0.05, 0) is 36.6 Å². The van der Waals surface area contributed by atoms with E-state index in [-0.39, 0.29) is 6.04 Å². The molecular formula is C14H20N4. The van der Waals surface area contributed by atoms with E-state index in [2.05, 4.69) is 34.7 Å². The van der Waals surface area contributed by atoms with E-state index in [4.69, 9.17) is 5.73 Å². The molecule has 0 aromatic carbocycles. The van der Waals surface area contributed by atoms with Gasteiger partial charge in [0.2, 0.25) is 0 Å². The van der Waals surface area contributed by atoms with Crippen molar-refractivity contribution in [2.75, 3.05) is 6.54 Å². The number of pyridine rings is 1. The van der Waals surface area contributed by atoms with Gasteiger partial charge >= 0.3 is 0 Å². The van der Waals surface area contributed by atoms with Gasteiger partial charge < -0.3 is 5.73 Å². The first kappa shape index (κ1) is 12.8. The Balaban J connectivity index is 2.41. The quantitative estimate of drug-likeness (QED) is 0.874. The van der Waals surface area contributed by atoms with Crippen LogP contribution in [-0.2, 0) is 12.8 Å². The van der Waals surface area contributed by atoms with Gasteiger partial charge in [-0.1, -0.05) is 13.8 Å². The Morgan fingerprint density at radius 2 is 1.94 bits per heavy atom. The zero-order valence-corrected chi connectivity index (χ0v) is 11.0. The van der Waals surface area contributed by atoms with Crippen molar-refractivity contribution >= 4 is 0 Å². The normalized spacial score (nSPS) is 12.6. The van der Waals surface area contributed by atoms with E-state index >= 15 is 0 Å². The fourth-order valence-electron chi connectivity index (χ4n) is 2.16. The molecule has 2 aromatic rings. The summed E-state index contributed by atoms with van der Waals surface area (Å²) in [5, 5.41) is 4.66. The highest BCUT2D eigenvalue weighted by Crippen LogP contribution is 2.19. The molecule has 1 atom stereocenters. The van der Waals surface area contributed by atoms with Crippen LogP contribution in [0.25, 0.3) is 0 Å². The van der Waals surface area contributed by atoms with Crippen LogP contribution in [0.5, 0.6) is 0 Å². The molecule has 4 heteroatoms. The summed E-state index contributed by atoms with van der Waals surface area (Å²) in [5.74, 6) is 0. The van der Waals surface area contributed by atoms with E-state index in [0.717, 1.165) is 24.1 Å². The second-order valence-electron chi connectivity index (χ2n) is 4.31. The van der Waals surface area contributed by atoms with Crippen LogP contribution < -0.4 is 5.73 Å². The van der Waals surface area contributed by atoms with E-state index in [9.17, 15) is 0 Å². The van der Waals surface area contributed by atoms with Gasteiger partial charge in [0.05, 0.1) is 11.7 Å². The molecule has 0 radical (unpaired) electrons. The Kier molecular flexibility index (Phi) is 4.10. The van der Waals surface area contributed by atoms with Crippen molar-refractivity contribution in [3.05, 3.63) is 47.5 Å². The molecule has 0 aliphatic rings. The third-order valence-corrected chi connectivity index (χ3v) is 3.20. The number of hydrogen-bond donors (Lipinski definition) is 1. The minimum atomic E-state index is 0.100. The van der Waals surface area contributed by atoms with Gasteiger partial charge in [-0.3, -0.25) is 9.67 Å². The van der Waals surface area contributed by atoms with Gasteiger partial charge in [-0.2, -0.15) is 5.10 Å². The van der Waals surface area contributed by atoms with Gasteiger partial charge in [0, 0.05) is 24.6 Å². The Bertz CT molecular complexity index is 490. The van der Waals surface area contributed by atoms with Crippen molar-refractivity contribution in [1.82, 2.24) is 14.8 Å². The molecule has 0 fully saturated rings. The number of nitrogens with zero attached hydrogens (tertiary/aromatic N) is 3. The first-order valence-electron chi connectivity index (χ1n) is 6.47. The highest BCUT2D eigenvalue weighted by molar-refractivity contribution is 5.20. The SMILES string of the molecule is CCc1cc(CC)n(C(CN)c2ccncc2)n1. The first-order valence-corrected chi connectivity index (χ1v) is 6.47. The van der Waals surface area contributed by atoms with Gasteiger partial charge in [-0.25, -0.2) is 0 Å². The summed E-state index contributed by atoms with van der Waals surface area (Å²) in [6.07, 6.45) is 5.52. The predicted octanol–water partition coefficient (Wildman–Crippen LogP) is 1.95. The summed E-state index contributed by atoms with van der Waals surface area (Å²) in [6, 6.07) is 6.28. The Morgan fingerprint density at radius 3 is 2.50 bits per heavy atom. The molecule has 2 aromatic heterocycles. The smallest absolute Gasteiger partial charge is 0.0894 e. The lowest BCUT2D eigenvalue weighted by atomic mass is 10.1. The maximum absolute atomic E-state index is 5.93. The molecule has 1 unspecified atom stereocenters. The summed E-state index contributed by atoms with van der Waals surface area (Å²) in [4.78, 5) is 4.05. The third-order valence-electron chi connectivity index (χ3n) is 3.20. The molecule has 0 saturated heterocycles. The molecule has 18 heavy (non-hydrogen) atoms. The fourth-order valence-corrected chi connectivity index (χ4v) is 2.16. The van der Waals surface area contributed by atoms with Crippen LogP contribution in [-0.4, -0.2) is 21.3 Å². The number of aromatic nitrogens is 3. The molecule has 0 saturated carbocycles. The van der Waals surface area contributed by atoms with Crippen LogP contribution in [0.15, 0.2) is 30.6 Å². The van der Waals surface area contributed by atoms with Gasteiger partial charge in [0.1, 0.15) is 0 Å². The average Bonchev–Trinajstić information content (AvgIpc) is 2.84. The molecule has 2 heterocycles. The van der Waals surface area contributed by atoms with E-state index in [1.165, 1.54) is 5.69 Å². The lowest BCUT2D eigenvalue weighted by molar-refractivity contribution is 0.507. The number of aryl methyl sites for hydroxylation is 2. The van der Waals surface area contributed by atoms with E-state index in [0.29, 0.717) is 6.54 Å². The highest BCUT2D eigenvalue weighted by atomic mass is 15.3. The highest BCUT2D eigenvalue weighted by Gasteiger charge is 2.16. The van der Waals surface area contributed by atoms with Crippen LogP contribution in [0.3, 0.4) is 0 Å². The Labute approximate surface area is 108 Å². The second-order valence-corrected chi connectivity index (χ2v) is 4.31. The maximum atomic E-state index is 5.93. The van der Waals surface area contributed by atoms with Crippen molar-refractivity contribution < 1.29 is 0 Å². The summed E-state index contributed by atoms with van der Waals surface area (Å²) in [5.41, 5.74) is 9.45. The van der Waals surface area contributed by atoms with Crippen molar-refractivity contribution in [3.8, 4) is 0 Å². The zero-order chi connectivity index (χ0) is 13.0. The molecule has 96 valence electrons. The second kappa shape index (κ2) is 5.78. The summed E-state index contributed by atoms with van der Waals surface area (Å²) in [7, 11) is 0. The van der Waals surface area contributed by atoms with Crippen LogP contribution in [0.4, 0.5) is 0 Å². The zero-order valence-electron chi connectivity index (χ0n) is 11.0. The minimum Gasteiger partial charge on any atom is -0.328 e. The van der Waals surface area contributed by atoms with Crippen LogP contribution in [0.1, 0.15) is 36.8 Å². The molecule has 4 nitrogen and oxygen atoms in total. The minimum absolute atomic E-state index is 0.100. The monoisotopic (exact) mass is 244 g/mol. The number of rotatable bonds is 5. The molecule has 0 amide bonds. The maximum Gasteiger partial charge on any atom is 0.0894 e. The van der Waals surface area contributed by atoms with Crippen molar-refractivity contribution in [2.24, 2.45) is 5.73 Å². The predicted molar refractivity (Wildman–Crippen MR) is 72.4 cm³/mol. The largest absolute Gasteiger partial charge is 0.328 e. The van der Waals surface area contributed by atoms with Gasteiger partial charge in [0.15, 0.2) is 0 Å². The standard InChI is InChI=1S/C14H20N4/c1-3-12-9-13(4-2)18(17-12)14(10-15)11-5-7-16-8-6-11/h5-9,14H,3-4,10,15H2,1-2H3. The fraction of sp³-hybridized carbons (Fsp3) is 0.429. The van der Waals surface area contributed by atoms with Gasteiger partial charge in [0.25, 0.3) is 0 Å². The molecule has 2 N–H and O–H groups in total. The van der Waals surface area contributed by atoms with Crippen LogP contribution in [0.2, 0.25) is 0 Å². The molecular weight excluding hydrogens is 224 g/mol. The summed E-state index contributed by atoms with van der Waals surface area (Å²) in [6.45, 7) is 4.81. The lowest BCUT2D eigenvalue weighted by Crippen LogP contribution is -2.23. The van der Waals surface area contributed by atoms with Crippen LogP contribution in [0, 0.1) is 0 Å². The Hall–Kier alpha value is -1.68. The van der Waals surface area contributed by atoms with Crippen molar-refractivity contribution in [1.29, 1.82) is 0 Å².